The molecular weight excluding hydrogens is 198 g/mol. The molecule has 0 bridgehead atoms. The molecule has 0 radical (unpaired) electrons. The average Bonchev–Trinajstić information content (AvgIpc) is 2.38. The molecule has 1 fully saturated rings. The number of benzene rings is 1. The summed E-state index contributed by atoms with van der Waals surface area (Å²) in [4.78, 5) is 0. The van der Waals surface area contributed by atoms with Crippen molar-refractivity contribution in [3.8, 4) is 5.75 Å². The number of ether oxygens (including phenoxy) is 1. The molecule has 1 aromatic rings. The van der Waals surface area contributed by atoms with Gasteiger partial charge in [-0.3, -0.25) is 0 Å². The molecule has 1 saturated heterocycles. The van der Waals surface area contributed by atoms with Gasteiger partial charge < -0.3 is 10.1 Å². The Labute approximate surface area is 98.0 Å². The van der Waals surface area contributed by atoms with Crippen molar-refractivity contribution < 1.29 is 4.74 Å². The summed E-state index contributed by atoms with van der Waals surface area (Å²) in [5, 5.41) is 3.50. The molecule has 2 nitrogen and oxygen atoms in total. The van der Waals surface area contributed by atoms with Crippen LogP contribution in [0.5, 0.6) is 5.75 Å². The number of nitrogens with one attached hydrogen (secondary N) is 1. The SMILES string of the molecule is CCc1ccccc1OCC1CCCCN1. The maximum atomic E-state index is 5.90. The summed E-state index contributed by atoms with van der Waals surface area (Å²) in [5.74, 6) is 1.05. The smallest absolute Gasteiger partial charge is 0.122 e. The van der Waals surface area contributed by atoms with Crippen molar-refractivity contribution in [3.05, 3.63) is 29.8 Å². The third-order valence-electron chi connectivity index (χ3n) is 3.21. The van der Waals surface area contributed by atoms with Gasteiger partial charge in [0.25, 0.3) is 0 Å². The molecule has 1 N–H and O–H groups in total. The lowest BCUT2D eigenvalue weighted by atomic mass is 10.1. The fraction of sp³-hybridized carbons (Fsp3) is 0.571. The molecular formula is C14H21NO. The van der Waals surface area contributed by atoms with E-state index < -0.39 is 0 Å². The first kappa shape index (κ1) is 11.5. The highest BCUT2D eigenvalue weighted by Crippen LogP contribution is 2.19. The summed E-state index contributed by atoms with van der Waals surface area (Å²) >= 11 is 0. The fourth-order valence-corrected chi connectivity index (χ4v) is 2.19. The molecule has 2 rings (SSSR count). The zero-order valence-corrected chi connectivity index (χ0v) is 10.0. The molecule has 1 heterocycles. The zero-order chi connectivity index (χ0) is 11.2. The van der Waals surface area contributed by atoms with E-state index >= 15 is 0 Å². The minimum atomic E-state index is 0.540. The fourth-order valence-electron chi connectivity index (χ4n) is 2.19. The number of piperidine rings is 1. The first-order valence-corrected chi connectivity index (χ1v) is 6.34. The van der Waals surface area contributed by atoms with Crippen molar-refractivity contribution in [2.24, 2.45) is 0 Å². The Kier molecular flexibility index (Phi) is 4.23. The van der Waals surface area contributed by atoms with E-state index in [1.807, 2.05) is 6.07 Å². The Hall–Kier alpha value is -1.02. The van der Waals surface area contributed by atoms with Crippen LogP contribution in [0.15, 0.2) is 24.3 Å². The van der Waals surface area contributed by atoms with E-state index in [4.69, 9.17) is 4.74 Å². The van der Waals surface area contributed by atoms with Gasteiger partial charge in [-0.1, -0.05) is 31.5 Å². The Morgan fingerprint density at radius 3 is 2.94 bits per heavy atom. The largest absolute Gasteiger partial charge is 0.492 e. The Bertz CT molecular complexity index is 318. The molecule has 88 valence electrons. The van der Waals surface area contributed by atoms with Crippen molar-refractivity contribution in [3.63, 3.8) is 0 Å². The predicted octanol–water partition coefficient (Wildman–Crippen LogP) is 2.77. The normalized spacial score (nSPS) is 20.7. The van der Waals surface area contributed by atoms with Crippen LogP contribution in [0.1, 0.15) is 31.7 Å². The Morgan fingerprint density at radius 1 is 1.31 bits per heavy atom. The monoisotopic (exact) mass is 219 g/mol. The van der Waals surface area contributed by atoms with E-state index in [0.29, 0.717) is 6.04 Å². The first-order valence-electron chi connectivity index (χ1n) is 6.34. The maximum Gasteiger partial charge on any atom is 0.122 e. The van der Waals surface area contributed by atoms with Crippen LogP contribution in [0, 0.1) is 0 Å². The second-order valence-corrected chi connectivity index (χ2v) is 4.42. The summed E-state index contributed by atoms with van der Waals surface area (Å²) in [7, 11) is 0. The first-order chi connectivity index (χ1) is 7.90. The topological polar surface area (TPSA) is 21.3 Å². The quantitative estimate of drug-likeness (QED) is 0.840. The van der Waals surface area contributed by atoms with Gasteiger partial charge >= 0.3 is 0 Å². The van der Waals surface area contributed by atoms with Gasteiger partial charge in [-0.2, -0.15) is 0 Å². The molecule has 0 aromatic heterocycles. The highest BCUT2D eigenvalue weighted by atomic mass is 16.5. The van der Waals surface area contributed by atoms with E-state index in [0.717, 1.165) is 25.3 Å². The third-order valence-corrected chi connectivity index (χ3v) is 3.21. The van der Waals surface area contributed by atoms with Crippen LogP contribution in [-0.4, -0.2) is 19.2 Å². The van der Waals surface area contributed by atoms with Gasteiger partial charge in [0.05, 0.1) is 0 Å². The van der Waals surface area contributed by atoms with E-state index in [1.165, 1.54) is 24.8 Å². The highest BCUT2D eigenvalue weighted by molar-refractivity contribution is 5.33. The van der Waals surface area contributed by atoms with E-state index in [2.05, 4.69) is 30.4 Å². The van der Waals surface area contributed by atoms with E-state index in [9.17, 15) is 0 Å². The van der Waals surface area contributed by atoms with Crippen LogP contribution >= 0.6 is 0 Å². The molecule has 0 spiro atoms. The van der Waals surface area contributed by atoms with Crippen LogP contribution < -0.4 is 10.1 Å². The zero-order valence-electron chi connectivity index (χ0n) is 10.0. The van der Waals surface area contributed by atoms with E-state index in [-0.39, 0.29) is 0 Å². The van der Waals surface area contributed by atoms with Gasteiger partial charge in [-0.05, 0) is 37.4 Å². The molecule has 0 amide bonds. The van der Waals surface area contributed by atoms with Gasteiger partial charge in [0, 0.05) is 6.04 Å². The summed E-state index contributed by atoms with van der Waals surface area (Å²) in [5.41, 5.74) is 1.30. The van der Waals surface area contributed by atoms with Crippen LogP contribution in [-0.2, 0) is 6.42 Å². The summed E-state index contributed by atoms with van der Waals surface area (Å²) < 4.78 is 5.90. The van der Waals surface area contributed by atoms with Gasteiger partial charge in [-0.15, -0.1) is 0 Å². The van der Waals surface area contributed by atoms with Gasteiger partial charge in [0.15, 0.2) is 0 Å². The number of hydrogen-bond donors (Lipinski definition) is 1. The highest BCUT2D eigenvalue weighted by Gasteiger charge is 2.13. The molecule has 1 aliphatic rings. The number of aryl methyl sites for hydroxylation is 1. The Morgan fingerprint density at radius 2 is 2.19 bits per heavy atom. The number of para-hydroxylation sites is 1. The van der Waals surface area contributed by atoms with Gasteiger partial charge in [0.2, 0.25) is 0 Å². The molecule has 1 unspecified atom stereocenters. The molecule has 16 heavy (non-hydrogen) atoms. The number of hydrogen-bond acceptors (Lipinski definition) is 2. The minimum absolute atomic E-state index is 0.540. The van der Waals surface area contributed by atoms with Crippen LogP contribution in [0.25, 0.3) is 0 Å². The van der Waals surface area contributed by atoms with Crippen molar-refractivity contribution in [1.29, 1.82) is 0 Å². The standard InChI is InChI=1S/C14H21NO/c1-2-12-7-3-4-9-14(12)16-11-13-8-5-6-10-15-13/h3-4,7,9,13,15H,2,5-6,8,10-11H2,1H3. The lowest BCUT2D eigenvalue weighted by molar-refractivity contribution is 0.237. The van der Waals surface area contributed by atoms with Gasteiger partial charge in [-0.25, -0.2) is 0 Å². The predicted molar refractivity (Wildman–Crippen MR) is 67.0 cm³/mol. The second kappa shape index (κ2) is 5.90. The lowest BCUT2D eigenvalue weighted by Crippen LogP contribution is -2.38. The van der Waals surface area contributed by atoms with Crippen LogP contribution in [0.3, 0.4) is 0 Å². The minimum Gasteiger partial charge on any atom is -0.492 e. The summed E-state index contributed by atoms with van der Waals surface area (Å²) in [6.45, 7) is 4.11. The van der Waals surface area contributed by atoms with Crippen LogP contribution in [0.2, 0.25) is 0 Å². The summed E-state index contributed by atoms with van der Waals surface area (Å²) in [6, 6.07) is 8.87. The third kappa shape index (κ3) is 2.99. The summed E-state index contributed by atoms with van der Waals surface area (Å²) in [6.07, 6.45) is 4.92. The molecule has 2 heteroatoms. The molecule has 0 aliphatic carbocycles. The molecule has 1 aliphatic heterocycles. The van der Waals surface area contributed by atoms with Crippen molar-refractivity contribution in [2.45, 2.75) is 38.6 Å². The molecule has 1 aromatic carbocycles. The van der Waals surface area contributed by atoms with Crippen LogP contribution in [0.4, 0.5) is 0 Å². The van der Waals surface area contributed by atoms with E-state index in [1.54, 1.807) is 0 Å². The van der Waals surface area contributed by atoms with Crippen molar-refractivity contribution >= 4 is 0 Å². The number of rotatable bonds is 4. The molecule has 1 atom stereocenters. The van der Waals surface area contributed by atoms with Crippen molar-refractivity contribution in [2.75, 3.05) is 13.2 Å². The second-order valence-electron chi connectivity index (χ2n) is 4.42. The average molecular weight is 219 g/mol. The maximum absolute atomic E-state index is 5.90. The molecule has 0 saturated carbocycles. The van der Waals surface area contributed by atoms with Gasteiger partial charge in [0.1, 0.15) is 12.4 Å². The lowest BCUT2D eigenvalue weighted by Gasteiger charge is -2.24. The van der Waals surface area contributed by atoms with Crippen molar-refractivity contribution in [1.82, 2.24) is 5.32 Å². The Balaban J connectivity index is 1.88.